The van der Waals surface area contributed by atoms with Gasteiger partial charge in [0.2, 0.25) is 0 Å². The summed E-state index contributed by atoms with van der Waals surface area (Å²) >= 11 is 8.32. The van der Waals surface area contributed by atoms with Gasteiger partial charge in [-0.25, -0.2) is 0 Å². The maximum Gasteiger partial charge on any atom is 0.191 e. The lowest BCUT2D eigenvalue weighted by molar-refractivity contribution is 0.122. The van der Waals surface area contributed by atoms with E-state index in [1.807, 2.05) is 13.1 Å². The van der Waals surface area contributed by atoms with Crippen molar-refractivity contribution >= 4 is 53.3 Å². The standard InChI is InChI=1S/C20H31ClN4S.HI/c1-22-20(24-14-18-9-5-11-26-18)23-13-16-7-4-10-25(2)19(16)15-6-3-8-17(21)12-15;/h3,6,8,12,16,18-19H,4-5,7,9-11,13-14H2,1-2H3,(H2,22,23,24);1H. The second kappa shape index (κ2) is 11.7. The van der Waals surface area contributed by atoms with Crippen molar-refractivity contribution in [2.24, 2.45) is 10.9 Å². The molecule has 3 unspecified atom stereocenters. The summed E-state index contributed by atoms with van der Waals surface area (Å²) in [6.45, 7) is 3.07. The molecule has 2 fully saturated rings. The van der Waals surface area contributed by atoms with Gasteiger partial charge < -0.3 is 10.6 Å². The van der Waals surface area contributed by atoms with Crippen LogP contribution in [0.1, 0.15) is 37.3 Å². The first-order valence-electron chi connectivity index (χ1n) is 9.69. The average molecular weight is 523 g/mol. The molecule has 3 atom stereocenters. The average Bonchev–Trinajstić information content (AvgIpc) is 3.15. The Balaban J connectivity index is 0.00000261. The van der Waals surface area contributed by atoms with Crippen LogP contribution in [0.5, 0.6) is 0 Å². The van der Waals surface area contributed by atoms with Crippen LogP contribution < -0.4 is 10.6 Å². The van der Waals surface area contributed by atoms with E-state index in [4.69, 9.17) is 11.6 Å². The van der Waals surface area contributed by atoms with Gasteiger partial charge in [-0.15, -0.1) is 24.0 Å². The lowest BCUT2D eigenvalue weighted by Crippen LogP contribution is -2.46. The van der Waals surface area contributed by atoms with Crippen molar-refractivity contribution in [3.63, 3.8) is 0 Å². The Bertz CT molecular complexity index is 609. The fourth-order valence-corrected chi connectivity index (χ4v) is 5.55. The van der Waals surface area contributed by atoms with Crippen LogP contribution in [0, 0.1) is 5.92 Å². The Morgan fingerprint density at radius 3 is 2.78 bits per heavy atom. The zero-order chi connectivity index (χ0) is 18.4. The molecular formula is C20H32ClIN4S. The van der Waals surface area contributed by atoms with E-state index in [9.17, 15) is 0 Å². The Labute approximate surface area is 190 Å². The third-order valence-corrected chi connectivity index (χ3v) is 7.11. The molecule has 27 heavy (non-hydrogen) atoms. The quantitative estimate of drug-likeness (QED) is 0.342. The summed E-state index contributed by atoms with van der Waals surface area (Å²) in [5, 5.41) is 8.63. The highest BCUT2D eigenvalue weighted by atomic mass is 127. The number of hydrogen-bond acceptors (Lipinski definition) is 3. The lowest BCUT2D eigenvalue weighted by Gasteiger charge is -2.40. The molecule has 0 aliphatic carbocycles. The van der Waals surface area contributed by atoms with E-state index < -0.39 is 0 Å². The number of halogens is 2. The molecule has 7 heteroatoms. The minimum Gasteiger partial charge on any atom is -0.356 e. The summed E-state index contributed by atoms with van der Waals surface area (Å²) in [5.41, 5.74) is 1.32. The van der Waals surface area contributed by atoms with Crippen LogP contribution in [0.2, 0.25) is 5.02 Å². The molecule has 0 saturated carbocycles. The summed E-state index contributed by atoms with van der Waals surface area (Å²) < 4.78 is 0. The third-order valence-electron chi connectivity index (χ3n) is 5.47. The van der Waals surface area contributed by atoms with Gasteiger partial charge in [0, 0.05) is 36.5 Å². The molecule has 2 aliphatic rings. The minimum absolute atomic E-state index is 0. The van der Waals surface area contributed by atoms with E-state index in [-0.39, 0.29) is 24.0 Å². The summed E-state index contributed by atoms with van der Waals surface area (Å²) in [5.74, 6) is 2.77. The summed E-state index contributed by atoms with van der Waals surface area (Å²) in [6, 6.07) is 8.73. The van der Waals surface area contributed by atoms with Crippen LogP contribution in [-0.4, -0.2) is 55.6 Å². The van der Waals surface area contributed by atoms with Crippen molar-refractivity contribution in [1.82, 2.24) is 15.5 Å². The highest BCUT2D eigenvalue weighted by Gasteiger charge is 2.30. The number of thioether (sulfide) groups is 1. The molecule has 3 rings (SSSR count). The minimum atomic E-state index is 0. The topological polar surface area (TPSA) is 39.7 Å². The van der Waals surface area contributed by atoms with Gasteiger partial charge in [-0.3, -0.25) is 9.89 Å². The third kappa shape index (κ3) is 6.68. The number of rotatable bonds is 5. The second-order valence-corrected chi connectivity index (χ2v) is 9.20. The van der Waals surface area contributed by atoms with Crippen molar-refractivity contribution in [3.8, 4) is 0 Å². The molecule has 0 spiro atoms. The van der Waals surface area contributed by atoms with Crippen LogP contribution in [0.4, 0.5) is 0 Å². The number of piperidine rings is 1. The Kier molecular flexibility index (Phi) is 10.0. The molecule has 0 aromatic heterocycles. The number of benzene rings is 1. The van der Waals surface area contributed by atoms with Crippen LogP contribution in [0.3, 0.4) is 0 Å². The molecule has 2 N–H and O–H groups in total. The van der Waals surface area contributed by atoms with Crippen LogP contribution in [0.15, 0.2) is 29.3 Å². The highest BCUT2D eigenvalue weighted by Crippen LogP contribution is 2.35. The largest absolute Gasteiger partial charge is 0.356 e. The van der Waals surface area contributed by atoms with Crippen LogP contribution in [-0.2, 0) is 0 Å². The predicted molar refractivity (Wildman–Crippen MR) is 130 cm³/mol. The number of guanidine groups is 1. The van der Waals surface area contributed by atoms with E-state index in [1.165, 1.54) is 37.0 Å². The number of hydrogen-bond donors (Lipinski definition) is 2. The van der Waals surface area contributed by atoms with Gasteiger partial charge in [0.25, 0.3) is 0 Å². The Hall–Kier alpha value is -0.180. The van der Waals surface area contributed by atoms with Gasteiger partial charge in [-0.2, -0.15) is 11.8 Å². The monoisotopic (exact) mass is 522 g/mol. The smallest absolute Gasteiger partial charge is 0.191 e. The van der Waals surface area contributed by atoms with E-state index in [1.54, 1.807) is 0 Å². The second-order valence-electron chi connectivity index (χ2n) is 7.35. The Morgan fingerprint density at radius 2 is 2.07 bits per heavy atom. The fourth-order valence-electron chi connectivity index (χ4n) is 4.15. The number of aliphatic imine (C=N–C) groups is 1. The first-order valence-corrected chi connectivity index (χ1v) is 11.1. The maximum absolute atomic E-state index is 6.25. The van der Waals surface area contributed by atoms with E-state index in [0.29, 0.717) is 12.0 Å². The van der Waals surface area contributed by atoms with E-state index in [2.05, 4.69) is 57.5 Å². The zero-order valence-electron chi connectivity index (χ0n) is 16.3. The fraction of sp³-hybridized carbons (Fsp3) is 0.650. The van der Waals surface area contributed by atoms with Crippen LogP contribution >= 0.6 is 47.3 Å². The Morgan fingerprint density at radius 1 is 1.26 bits per heavy atom. The van der Waals surface area contributed by atoms with Crippen LogP contribution in [0.25, 0.3) is 0 Å². The van der Waals surface area contributed by atoms with Crippen molar-refractivity contribution < 1.29 is 0 Å². The van der Waals surface area contributed by atoms with E-state index in [0.717, 1.165) is 35.9 Å². The normalized spacial score (nSPS) is 26.5. The molecule has 152 valence electrons. The molecule has 1 aromatic rings. The highest BCUT2D eigenvalue weighted by molar-refractivity contribution is 14.0. The molecule has 2 heterocycles. The van der Waals surface area contributed by atoms with Gasteiger partial charge >= 0.3 is 0 Å². The van der Waals surface area contributed by atoms with Crippen molar-refractivity contribution in [2.45, 2.75) is 37.0 Å². The van der Waals surface area contributed by atoms with Crippen molar-refractivity contribution in [2.75, 3.05) is 39.5 Å². The first-order chi connectivity index (χ1) is 12.7. The zero-order valence-corrected chi connectivity index (χ0v) is 20.2. The number of nitrogens with zero attached hydrogens (tertiary/aromatic N) is 2. The van der Waals surface area contributed by atoms with Crippen molar-refractivity contribution in [3.05, 3.63) is 34.9 Å². The lowest BCUT2D eigenvalue weighted by atomic mass is 9.85. The van der Waals surface area contributed by atoms with E-state index >= 15 is 0 Å². The van der Waals surface area contributed by atoms with Gasteiger partial charge in [0.05, 0.1) is 0 Å². The molecule has 0 amide bonds. The number of likely N-dealkylation sites (tertiary alicyclic amines) is 1. The SMILES string of the molecule is CN=C(NCC1CCCS1)NCC1CCCN(C)C1c1cccc(Cl)c1.I. The van der Waals surface area contributed by atoms with Gasteiger partial charge in [-0.1, -0.05) is 23.7 Å². The van der Waals surface area contributed by atoms with Crippen molar-refractivity contribution in [1.29, 1.82) is 0 Å². The molecule has 0 radical (unpaired) electrons. The molecular weight excluding hydrogens is 491 g/mol. The van der Waals surface area contributed by atoms with Gasteiger partial charge in [0.1, 0.15) is 0 Å². The summed E-state index contributed by atoms with van der Waals surface area (Å²) in [4.78, 5) is 6.88. The van der Waals surface area contributed by atoms with Gasteiger partial charge in [0.15, 0.2) is 5.96 Å². The molecule has 4 nitrogen and oxygen atoms in total. The molecule has 2 aliphatic heterocycles. The summed E-state index contributed by atoms with van der Waals surface area (Å²) in [7, 11) is 4.08. The molecule has 2 saturated heterocycles. The predicted octanol–water partition coefficient (Wildman–Crippen LogP) is 4.40. The molecule has 0 bridgehead atoms. The molecule has 1 aromatic carbocycles. The maximum atomic E-state index is 6.25. The number of nitrogens with one attached hydrogen (secondary N) is 2. The van der Waals surface area contributed by atoms with Gasteiger partial charge in [-0.05, 0) is 68.6 Å². The summed E-state index contributed by atoms with van der Waals surface area (Å²) in [6.07, 6.45) is 5.13. The first kappa shape index (κ1) is 23.1.